The molecule has 1 atom stereocenters. The first-order valence-corrected chi connectivity index (χ1v) is 4.53. The predicted molar refractivity (Wildman–Crippen MR) is 49.3 cm³/mol. The van der Waals surface area contributed by atoms with Gasteiger partial charge in [0.2, 0.25) is 0 Å². The van der Waals surface area contributed by atoms with Gasteiger partial charge in [0.1, 0.15) is 0 Å². The molecule has 1 aromatic heterocycles. The van der Waals surface area contributed by atoms with Gasteiger partial charge in [-0.05, 0) is 12.1 Å². The largest absolute Gasteiger partial charge is 0.368 e. The van der Waals surface area contributed by atoms with E-state index < -0.39 is 6.23 Å². The summed E-state index contributed by atoms with van der Waals surface area (Å²) < 4.78 is 0.423. The number of hydrogen-bond acceptors (Lipinski definition) is 5. The second-order valence-electron chi connectivity index (χ2n) is 2.73. The van der Waals surface area contributed by atoms with Gasteiger partial charge in [-0.1, -0.05) is 21.0 Å². The fraction of sp³-hybridized carbons (Fsp3) is 0.333. The van der Waals surface area contributed by atoms with Crippen LogP contribution in [0.15, 0.2) is 10.1 Å². The molecule has 0 aromatic carbocycles. The number of hydrogen-bond donors (Lipinski definition) is 2. The summed E-state index contributed by atoms with van der Waals surface area (Å²) in [6.07, 6.45) is -1.07. The second-order valence-corrected chi connectivity index (χ2v) is 3.59. The van der Waals surface area contributed by atoms with Gasteiger partial charge in [-0.3, -0.25) is 4.79 Å². The lowest BCUT2D eigenvalue weighted by molar-refractivity contribution is -0.115. The van der Waals surface area contributed by atoms with E-state index in [1.54, 1.807) is 6.92 Å². The van der Waals surface area contributed by atoms with Crippen molar-refractivity contribution < 1.29 is 9.90 Å². The number of tetrazole rings is 1. The Labute approximate surface area is 86.9 Å². The number of anilines is 1. The van der Waals surface area contributed by atoms with E-state index in [2.05, 4.69) is 36.6 Å². The smallest absolute Gasteiger partial charge is 0.275 e. The number of nitrogens with one attached hydrogen (secondary N) is 1. The van der Waals surface area contributed by atoms with Gasteiger partial charge in [-0.2, -0.15) is 5.21 Å². The first-order valence-electron chi connectivity index (χ1n) is 3.74. The summed E-state index contributed by atoms with van der Waals surface area (Å²) in [5.74, 6) is -0.290. The molecule has 0 aliphatic carbocycles. The summed E-state index contributed by atoms with van der Waals surface area (Å²) in [6.45, 7) is 1.61. The van der Waals surface area contributed by atoms with Crippen LogP contribution in [0.4, 0.5) is 5.95 Å². The number of aromatic amines is 1. The summed E-state index contributed by atoms with van der Waals surface area (Å²) in [7, 11) is 0. The molecule has 14 heavy (non-hydrogen) atoms. The molecule has 7 nitrogen and oxygen atoms in total. The third kappa shape index (κ3) is 1.15. The molecule has 1 aliphatic heterocycles. The Kier molecular flexibility index (Phi) is 2.08. The highest BCUT2D eigenvalue weighted by molar-refractivity contribution is 9.11. The van der Waals surface area contributed by atoms with Crippen LogP contribution in [-0.2, 0) is 4.79 Å². The van der Waals surface area contributed by atoms with Crippen LogP contribution in [0.25, 0.3) is 0 Å². The number of rotatable bonds is 1. The van der Waals surface area contributed by atoms with Gasteiger partial charge >= 0.3 is 0 Å². The first-order chi connectivity index (χ1) is 6.63. The van der Waals surface area contributed by atoms with Gasteiger partial charge in [0.25, 0.3) is 11.9 Å². The quantitative estimate of drug-likeness (QED) is 0.712. The average molecular weight is 260 g/mol. The minimum absolute atomic E-state index is 0.0521. The zero-order valence-electron chi connectivity index (χ0n) is 7.10. The SMILES string of the molecule is CC1=C(Br)C(O)N(c2nn[nH]n2)C1=O. The topological polar surface area (TPSA) is 95.0 Å². The van der Waals surface area contributed by atoms with Crippen molar-refractivity contribution >= 4 is 27.8 Å². The molecule has 2 rings (SSSR count). The van der Waals surface area contributed by atoms with E-state index >= 15 is 0 Å². The summed E-state index contributed by atoms with van der Waals surface area (Å²) in [4.78, 5) is 12.6. The van der Waals surface area contributed by atoms with Gasteiger partial charge in [0.05, 0.1) is 4.48 Å². The summed E-state index contributed by atoms with van der Waals surface area (Å²) in [5.41, 5.74) is 0.433. The minimum Gasteiger partial charge on any atom is -0.368 e. The Morgan fingerprint density at radius 3 is 2.79 bits per heavy atom. The number of amides is 1. The molecule has 1 aliphatic rings. The van der Waals surface area contributed by atoms with Gasteiger partial charge in [-0.15, -0.1) is 5.10 Å². The molecule has 74 valence electrons. The van der Waals surface area contributed by atoms with Gasteiger partial charge < -0.3 is 5.11 Å². The number of aliphatic hydroxyl groups is 1. The average Bonchev–Trinajstić information content (AvgIpc) is 2.73. The minimum atomic E-state index is -1.07. The molecule has 1 amide bonds. The van der Waals surface area contributed by atoms with E-state index in [0.29, 0.717) is 10.1 Å². The Balaban J connectivity index is 2.39. The maximum absolute atomic E-state index is 11.6. The van der Waals surface area contributed by atoms with E-state index in [9.17, 15) is 9.90 Å². The maximum atomic E-state index is 11.6. The van der Waals surface area contributed by atoms with Crippen LogP contribution in [0.3, 0.4) is 0 Å². The highest BCUT2D eigenvalue weighted by Gasteiger charge is 2.37. The summed E-state index contributed by atoms with van der Waals surface area (Å²) in [6, 6.07) is 0. The molecule has 1 aromatic rings. The van der Waals surface area contributed by atoms with Crippen LogP contribution in [0.2, 0.25) is 0 Å². The van der Waals surface area contributed by atoms with Crippen molar-refractivity contribution in [3.63, 3.8) is 0 Å². The molecule has 2 heterocycles. The van der Waals surface area contributed by atoms with Crippen LogP contribution in [-0.4, -0.2) is 37.9 Å². The highest BCUT2D eigenvalue weighted by Crippen LogP contribution is 2.30. The predicted octanol–water partition coefficient (Wildman–Crippen LogP) is -0.466. The molecule has 0 saturated heterocycles. The van der Waals surface area contributed by atoms with Crippen LogP contribution in [0.5, 0.6) is 0 Å². The standard InChI is InChI=1S/C6H6BrN5O2/c1-2-3(7)5(14)12(4(2)13)6-8-10-11-9-6/h5,14H,1H3,(H,8,9,10,11). The second kappa shape index (κ2) is 3.14. The van der Waals surface area contributed by atoms with Crippen molar-refractivity contribution in [1.29, 1.82) is 0 Å². The molecular formula is C6H6BrN5O2. The van der Waals surface area contributed by atoms with E-state index in [0.717, 1.165) is 4.90 Å². The van der Waals surface area contributed by atoms with Crippen LogP contribution in [0.1, 0.15) is 6.92 Å². The molecule has 0 radical (unpaired) electrons. The summed E-state index contributed by atoms with van der Waals surface area (Å²) in [5, 5.41) is 22.4. The maximum Gasteiger partial charge on any atom is 0.275 e. The number of aliphatic hydroxyl groups excluding tert-OH is 1. The van der Waals surface area contributed by atoms with E-state index in [1.807, 2.05) is 0 Å². The normalized spacial score (nSPS) is 22.4. The number of H-pyrrole nitrogens is 1. The lowest BCUT2D eigenvalue weighted by Gasteiger charge is -2.15. The summed E-state index contributed by atoms with van der Waals surface area (Å²) >= 11 is 3.12. The Hall–Kier alpha value is -1.28. The number of nitrogens with zero attached hydrogens (tertiary/aromatic N) is 4. The van der Waals surface area contributed by atoms with Crippen molar-refractivity contribution in [3.8, 4) is 0 Å². The van der Waals surface area contributed by atoms with Crippen LogP contribution < -0.4 is 4.90 Å². The van der Waals surface area contributed by atoms with E-state index in [-0.39, 0.29) is 11.9 Å². The van der Waals surface area contributed by atoms with Crippen molar-refractivity contribution in [1.82, 2.24) is 20.6 Å². The van der Waals surface area contributed by atoms with Crippen molar-refractivity contribution in [2.75, 3.05) is 4.90 Å². The van der Waals surface area contributed by atoms with Crippen molar-refractivity contribution in [3.05, 3.63) is 10.1 Å². The zero-order valence-corrected chi connectivity index (χ0v) is 8.69. The van der Waals surface area contributed by atoms with E-state index in [4.69, 9.17) is 0 Å². The molecule has 0 bridgehead atoms. The lowest BCUT2D eigenvalue weighted by Crippen LogP contribution is -2.35. The first kappa shape index (κ1) is 9.28. The van der Waals surface area contributed by atoms with Gasteiger partial charge in [0.15, 0.2) is 6.23 Å². The molecule has 2 N–H and O–H groups in total. The lowest BCUT2D eigenvalue weighted by atomic mass is 10.3. The van der Waals surface area contributed by atoms with E-state index in [1.165, 1.54) is 0 Å². The third-order valence-electron chi connectivity index (χ3n) is 1.92. The fourth-order valence-electron chi connectivity index (χ4n) is 1.16. The van der Waals surface area contributed by atoms with Crippen LogP contribution >= 0.6 is 15.9 Å². The van der Waals surface area contributed by atoms with Crippen molar-refractivity contribution in [2.24, 2.45) is 0 Å². The van der Waals surface area contributed by atoms with Crippen LogP contribution in [0, 0.1) is 0 Å². The number of aromatic nitrogens is 4. The highest BCUT2D eigenvalue weighted by atomic mass is 79.9. The monoisotopic (exact) mass is 259 g/mol. The van der Waals surface area contributed by atoms with Crippen molar-refractivity contribution in [2.45, 2.75) is 13.2 Å². The Morgan fingerprint density at radius 1 is 1.64 bits per heavy atom. The molecule has 0 spiro atoms. The molecular weight excluding hydrogens is 254 g/mol. The number of carbonyl (C=O) groups is 1. The molecule has 0 saturated carbocycles. The fourth-order valence-corrected chi connectivity index (χ4v) is 1.53. The van der Waals surface area contributed by atoms with Gasteiger partial charge in [-0.25, -0.2) is 4.90 Å². The number of carbonyl (C=O) groups excluding carboxylic acids is 1. The number of halogens is 1. The third-order valence-corrected chi connectivity index (χ3v) is 2.92. The Morgan fingerprint density at radius 2 is 2.36 bits per heavy atom. The molecule has 0 fully saturated rings. The van der Waals surface area contributed by atoms with Gasteiger partial charge in [0, 0.05) is 5.57 Å². The molecule has 1 unspecified atom stereocenters. The molecule has 8 heteroatoms. The Bertz CT molecular complexity index is 400. The zero-order chi connectivity index (χ0) is 10.3.